The van der Waals surface area contributed by atoms with Gasteiger partial charge in [0.25, 0.3) is 5.91 Å². The summed E-state index contributed by atoms with van der Waals surface area (Å²) in [6, 6.07) is 29.0. The van der Waals surface area contributed by atoms with Crippen molar-refractivity contribution in [3.63, 3.8) is 0 Å². The molecule has 3 aromatic rings. The number of benzene rings is 3. The average molecular weight is 543 g/mol. The minimum atomic E-state index is 0. The van der Waals surface area contributed by atoms with Crippen molar-refractivity contribution in [2.45, 2.75) is 38.4 Å². The SMILES string of the molecule is CC1CN(C(=O)c2ccccc2)CCN1C1CCN(Cc2ccc(Oc3ccccc3)cc2)CC1.Cl.Cl. The zero-order valence-corrected chi connectivity index (χ0v) is 23.0. The first-order valence-electron chi connectivity index (χ1n) is 12.8. The Labute approximate surface area is 233 Å². The van der Waals surface area contributed by atoms with Crippen molar-refractivity contribution < 1.29 is 9.53 Å². The van der Waals surface area contributed by atoms with Crippen LogP contribution < -0.4 is 4.74 Å². The van der Waals surface area contributed by atoms with Gasteiger partial charge < -0.3 is 9.64 Å². The second kappa shape index (κ2) is 13.8. The molecule has 2 heterocycles. The number of ether oxygens (including phenoxy) is 1. The maximum Gasteiger partial charge on any atom is 0.253 e. The standard InChI is InChI=1S/C30H35N3O2.2ClH/c1-24-22-32(30(34)26-8-4-2-5-9-26)20-21-33(24)27-16-18-31(19-17-27)23-25-12-14-29(15-13-25)35-28-10-6-3-7-11-28;;/h2-15,24,27H,16-23H2,1H3;2*1H. The van der Waals surface area contributed by atoms with Crippen molar-refractivity contribution in [3.8, 4) is 11.5 Å². The van der Waals surface area contributed by atoms with Crippen LogP contribution in [0.5, 0.6) is 11.5 Å². The van der Waals surface area contributed by atoms with Crippen molar-refractivity contribution in [2.24, 2.45) is 0 Å². The Morgan fingerprint density at radius 3 is 2.00 bits per heavy atom. The Balaban J connectivity index is 0.00000190. The van der Waals surface area contributed by atoms with Crippen molar-refractivity contribution >= 4 is 30.7 Å². The summed E-state index contributed by atoms with van der Waals surface area (Å²) in [7, 11) is 0. The van der Waals surface area contributed by atoms with E-state index in [9.17, 15) is 4.79 Å². The molecule has 7 heteroatoms. The highest BCUT2D eigenvalue weighted by molar-refractivity contribution is 5.94. The number of hydrogen-bond donors (Lipinski definition) is 0. The van der Waals surface area contributed by atoms with Gasteiger partial charge >= 0.3 is 0 Å². The van der Waals surface area contributed by atoms with Gasteiger partial charge in [-0.2, -0.15) is 0 Å². The Morgan fingerprint density at radius 2 is 1.38 bits per heavy atom. The van der Waals surface area contributed by atoms with Gasteiger partial charge in [0.1, 0.15) is 11.5 Å². The van der Waals surface area contributed by atoms with E-state index in [-0.39, 0.29) is 30.7 Å². The van der Waals surface area contributed by atoms with Crippen LogP contribution in [0.3, 0.4) is 0 Å². The number of halogens is 2. The summed E-state index contributed by atoms with van der Waals surface area (Å²) in [6.45, 7) is 8.07. The van der Waals surface area contributed by atoms with Crippen LogP contribution in [0.25, 0.3) is 0 Å². The predicted octanol–water partition coefficient (Wildman–Crippen LogP) is 6.13. The number of piperazine rings is 1. The van der Waals surface area contributed by atoms with Crippen LogP contribution in [0, 0.1) is 0 Å². The maximum atomic E-state index is 12.9. The molecular formula is C30H37Cl2N3O2. The molecule has 5 rings (SSSR count). The summed E-state index contributed by atoms with van der Waals surface area (Å²) in [5.74, 6) is 1.89. The number of carbonyl (C=O) groups is 1. The van der Waals surface area contributed by atoms with E-state index in [1.165, 1.54) is 18.4 Å². The topological polar surface area (TPSA) is 36.0 Å². The van der Waals surface area contributed by atoms with Gasteiger partial charge in [-0.15, -0.1) is 24.8 Å². The van der Waals surface area contributed by atoms with Crippen LogP contribution in [-0.4, -0.2) is 65.4 Å². The Bertz CT molecular complexity index is 1090. The van der Waals surface area contributed by atoms with Crippen LogP contribution in [0.15, 0.2) is 84.9 Å². The molecule has 1 amide bonds. The van der Waals surface area contributed by atoms with Crippen LogP contribution in [0.4, 0.5) is 0 Å². The quantitative estimate of drug-likeness (QED) is 0.375. The lowest BCUT2D eigenvalue weighted by Crippen LogP contribution is -2.58. The molecule has 0 spiro atoms. The first-order chi connectivity index (χ1) is 17.2. The third-order valence-electron chi connectivity index (χ3n) is 7.32. The van der Waals surface area contributed by atoms with E-state index in [0.717, 1.165) is 56.3 Å². The predicted molar refractivity (Wildman–Crippen MR) is 154 cm³/mol. The molecule has 2 saturated heterocycles. The highest BCUT2D eigenvalue weighted by atomic mass is 35.5. The zero-order chi connectivity index (χ0) is 24.0. The second-order valence-corrected chi connectivity index (χ2v) is 9.77. The molecule has 37 heavy (non-hydrogen) atoms. The van der Waals surface area contributed by atoms with Crippen molar-refractivity contribution in [3.05, 3.63) is 96.1 Å². The Hall–Kier alpha value is -2.57. The number of likely N-dealkylation sites (tertiary alicyclic amines) is 1. The molecule has 5 nitrogen and oxygen atoms in total. The van der Waals surface area contributed by atoms with Gasteiger partial charge in [0.05, 0.1) is 0 Å². The van der Waals surface area contributed by atoms with E-state index in [2.05, 4.69) is 41.0 Å². The van der Waals surface area contributed by atoms with E-state index in [1.54, 1.807) is 0 Å². The summed E-state index contributed by atoms with van der Waals surface area (Å²) in [5, 5.41) is 0. The first-order valence-corrected chi connectivity index (χ1v) is 12.8. The van der Waals surface area contributed by atoms with Gasteiger partial charge in [-0.05, 0) is 74.8 Å². The summed E-state index contributed by atoms with van der Waals surface area (Å²) >= 11 is 0. The van der Waals surface area contributed by atoms with Crippen molar-refractivity contribution in [1.29, 1.82) is 0 Å². The van der Waals surface area contributed by atoms with E-state index in [0.29, 0.717) is 12.1 Å². The van der Waals surface area contributed by atoms with Crippen LogP contribution in [0.2, 0.25) is 0 Å². The molecule has 2 aliphatic heterocycles. The largest absolute Gasteiger partial charge is 0.457 e. The smallest absolute Gasteiger partial charge is 0.253 e. The molecule has 1 unspecified atom stereocenters. The first kappa shape index (κ1) is 29.0. The third kappa shape index (κ3) is 7.48. The minimum Gasteiger partial charge on any atom is -0.457 e. The molecule has 2 aliphatic rings. The van der Waals surface area contributed by atoms with E-state index in [4.69, 9.17) is 4.74 Å². The fraction of sp³-hybridized carbons (Fsp3) is 0.367. The molecule has 198 valence electrons. The average Bonchev–Trinajstić information content (AvgIpc) is 2.91. The molecule has 0 aliphatic carbocycles. The molecular weight excluding hydrogens is 505 g/mol. The zero-order valence-electron chi connectivity index (χ0n) is 21.4. The van der Waals surface area contributed by atoms with E-state index < -0.39 is 0 Å². The summed E-state index contributed by atoms with van der Waals surface area (Å²) in [6.07, 6.45) is 2.37. The molecule has 2 fully saturated rings. The molecule has 0 radical (unpaired) electrons. The van der Waals surface area contributed by atoms with Crippen LogP contribution >= 0.6 is 24.8 Å². The van der Waals surface area contributed by atoms with Crippen LogP contribution in [-0.2, 0) is 6.54 Å². The van der Waals surface area contributed by atoms with E-state index >= 15 is 0 Å². The molecule has 0 bridgehead atoms. The number of rotatable bonds is 6. The van der Waals surface area contributed by atoms with Gasteiger partial charge in [-0.25, -0.2) is 0 Å². The lowest BCUT2D eigenvalue weighted by molar-refractivity contribution is 0.0194. The minimum absolute atomic E-state index is 0. The normalized spacial score (nSPS) is 18.9. The second-order valence-electron chi connectivity index (χ2n) is 9.77. The highest BCUT2D eigenvalue weighted by Gasteiger charge is 2.33. The van der Waals surface area contributed by atoms with Gasteiger partial charge in [0.2, 0.25) is 0 Å². The fourth-order valence-corrected chi connectivity index (χ4v) is 5.42. The number of para-hydroxylation sites is 1. The molecule has 1 atom stereocenters. The van der Waals surface area contributed by atoms with E-state index in [1.807, 2.05) is 65.6 Å². The molecule has 0 N–H and O–H groups in total. The summed E-state index contributed by atoms with van der Waals surface area (Å²) < 4.78 is 5.92. The Kier molecular flexibility index (Phi) is 10.8. The van der Waals surface area contributed by atoms with Crippen molar-refractivity contribution in [1.82, 2.24) is 14.7 Å². The monoisotopic (exact) mass is 541 g/mol. The number of carbonyl (C=O) groups excluding carboxylic acids is 1. The number of hydrogen-bond acceptors (Lipinski definition) is 4. The number of nitrogens with zero attached hydrogens (tertiary/aromatic N) is 3. The summed E-state index contributed by atoms with van der Waals surface area (Å²) in [5.41, 5.74) is 2.12. The van der Waals surface area contributed by atoms with Gasteiger partial charge in [-0.1, -0.05) is 48.5 Å². The summed E-state index contributed by atoms with van der Waals surface area (Å²) in [4.78, 5) is 20.1. The molecule has 0 saturated carbocycles. The van der Waals surface area contributed by atoms with Gasteiger partial charge in [0.15, 0.2) is 0 Å². The number of amides is 1. The fourth-order valence-electron chi connectivity index (χ4n) is 5.42. The Morgan fingerprint density at radius 1 is 0.784 bits per heavy atom. The van der Waals surface area contributed by atoms with Crippen molar-refractivity contribution in [2.75, 3.05) is 32.7 Å². The lowest BCUT2D eigenvalue weighted by atomic mass is 9.99. The molecule has 3 aromatic carbocycles. The van der Waals surface area contributed by atoms with Gasteiger partial charge in [-0.3, -0.25) is 14.6 Å². The number of piperidine rings is 1. The van der Waals surface area contributed by atoms with Crippen LogP contribution in [0.1, 0.15) is 35.7 Å². The third-order valence-corrected chi connectivity index (χ3v) is 7.32. The highest BCUT2D eigenvalue weighted by Crippen LogP contribution is 2.25. The molecule has 0 aromatic heterocycles. The van der Waals surface area contributed by atoms with Gasteiger partial charge in [0, 0.05) is 43.8 Å². The maximum absolute atomic E-state index is 12.9. The lowest BCUT2D eigenvalue weighted by Gasteiger charge is -2.46.